The SMILES string of the molecule is O[C@H]1C[C@@H](OCc2cc(F)c(F)cc2F)C1. The second-order valence-electron chi connectivity index (χ2n) is 3.92. The molecule has 1 saturated carbocycles. The molecular formula is C11H11F3O2. The Kier molecular flexibility index (Phi) is 3.16. The molecule has 88 valence electrons. The number of aliphatic hydroxyl groups is 1. The zero-order valence-electron chi connectivity index (χ0n) is 8.42. The van der Waals surface area contributed by atoms with Gasteiger partial charge in [0.05, 0.1) is 18.8 Å². The molecule has 0 spiro atoms. The fourth-order valence-electron chi connectivity index (χ4n) is 1.56. The molecule has 2 nitrogen and oxygen atoms in total. The van der Waals surface area contributed by atoms with E-state index in [1.54, 1.807) is 0 Å². The summed E-state index contributed by atoms with van der Waals surface area (Å²) < 4.78 is 43.8. The predicted octanol–water partition coefficient (Wildman–Crippen LogP) is 2.14. The highest BCUT2D eigenvalue weighted by Gasteiger charge is 2.28. The molecule has 0 aliphatic heterocycles. The van der Waals surface area contributed by atoms with Gasteiger partial charge in [-0.1, -0.05) is 0 Å². The van der Waals surface area contributed by atoms with Crippen LogP contribution in [-0.2, 0) is 11.3 Å². The highest BCUT2D eigenvalue weighted by atomic mass is 19.2. The maximum Gasteiger partial charge on any atom is 0.161 e. The third-order valence-corrected chi connectivity index (χ3v) is 2.63. The van der Waals surface area contributed by atoms with Crippen LogP contribution in [0.15, 0.2) is 12.1 Å². The first kappa shape index (κ1) is 11.4. The Morgan fingerprint density at radius 1 is 1.12 bits per heavy atom. The maximum atomic E-state index is 13.1. The minimum Gasteiger partial charge on any atom is -0.393 e. The molecule has 1 fully saturated rings. The first-order chi connectivity index (χ1) is 7.56. The van der Waals surface area contributed by atoms with Gasteiger partial charge in [0.15, 0.2) is 11.6 Å². The smallest absolute Gasteiger partial charge is 0.161 e. The van der Waals surface area contributed by atoms with E-state index in [-0.39, 0.29) is 24.4 Å². The molecule has 1 aliphatic carbocycles. The summed E-state index contributed by atoms with van der Waals surface area (Å²) in [6.07, 6.45) is 0.527. The van der Waals surface area contributed by atoms with Crippen LogP contribution in [0.3, 0.4) is 0 Å². The van der Waals surface area contributed by atoms with Crippen molar-refractivity contribution in [3.63, 3.8) is 0 Å². The molecule has 2 rings (SSSR count). The van der Waals surface area contributed by atoms with Crippen molar-refractivity contribution in [3.05, 3.63) is 35.1 Å². The number of aliphatic hydroxyl groups excluding tert-OH is 1. The number of hydrogen-bond acceptors (Lipinski definition) is 2. The van der Waals surface area contributed by atoms with Gasteiger partial charge < -0.3 is 9.84 Å². The highest BCUT2D eigenvalue weighted by molar-refractivity contribution is 5.19. The summed E-state index contributed by atoms with van der Waals surface area (Å²) in [6.45, 7) is -0.111. The average molecular weight is 232 g/mol. The first-order valence-electron chi connectivity index (χ1n) is 4.99. The van der Waals surface area contributed by atoms with Crippen molar-refractivity contribution in [1.82, 2.24) is 0 Å². The molecule has 1 aromatic rings. The molecule has 1 aromatic carbocycles. The monoisotopic (exact) mass is 232 g/mol. The zero-order chi connectivity index (χ0) is 11.7. The largest absolute Gasteiger partial charge is 0.393 e. The second-order valence-corrected chi connectivity index (χ2v) is 3.92. The van der Waals surface area contributed by atoms with Gasteiger partial charge in [0, 0.05) is 11.6 Å². The fourth-order valence-corrected chi connectivity index (χ4v) is 1.56. The minimum atomic E-state index is -1.21. The lowest BCUT2D eigenvalue weighted by Crippen LogP contribution is -2.35. The molecule has 0 radical (unpaired) electrons. The van der Waals surface area contributed by atoms with Crippen molar-refractivity contribution in [1.29, 1.82) is 0 Å². The lowest BCUT2D eigenvalue weighted by molar-refractivity contribution is -0.0784. The lowest BCUT2D eigenvalue weighted by Gasteiger charge is -2.31. The van der Waals surface area contributed by atoms with E-state index in [0.29, 0.717) is 18.9 Å². The predicted molar refractivity (Wildman–Crippen MR) is 50.1 cm³/mol. The summed E-state index contributed by atoms with van der Waals surface area (Å²) in [7, 11) is 0. The van der Waals surface area contributed by atoms with Gasteiger partial charge in [-0.05, 0) is 18.9 Å². The Labute approximate surface area is 90.7 Å². The van der Waals surface area contributed by atoms with E-state index < -0.39 is 17.5 Å². The van der Waals surface area contributed by atoms with Crippen LogP contribution in [0.5, 0.6) is 0 Å². The number of hydrogen-bond donors (Lipinski definition) is 1. The number of ether oxygens (including phenoxy) is 1. The third-order valence-electron chi connectivity index (χ3n) is 2.63. The average Bonchev–Trinajstić information content (AvgIpc) is 2.18. The number of rotatable bonds is 3. The molecule has 0 bridgehead atoms. The molecule has 5 heteroatoms. The van der Waals surface area contributed by atoms with E-state index >= 15 is 0 Å². The van der Waals surface area contributed by atoms with Crippen molar-refractivity contribution < 1.29 is 23.0 Å². The minimum absolute atomic E-state index is 0.0136. The molecule has 0 aromatic heterocycles. The van der Waals surface area contributed by atoms with Crippen molar-refractivity contribution in [2.75, 3.05) is 0 Å². The Morgan fingerprint density at radius 3 is 2.38 bits per heavy atom. The zero-order valence-corrected chi connectivity index (χ0v) is 8.42. The molecule has 1 aliphatic rings. The number of halogens is 3. The van der Waals surface area contributed by atoms with Gasteiger partial charge >= 0.3 is 0 Å². The summed E-state index contributed by atoms with van der Waals surface area (Å²) in [5.41, 5.74) is -0.0136. The van der Waals surface area contributed by atoms with Crippen LogP contribution in [0, 0.1) is 17.5 Å². The van der Waals surface area contributed by atoms with Crippen LogP contribution < -0.4 is 0 Å². The van der Waals surface area contributed by atoms with E-state index in [1.807, 2.05) is 0 Å². The number of benzene rings is 1. The molecule has 0 atom stereocenters. The Morgan fingerprint density at radius 2 is 1.75 bits per heavy atom. The van der Waals surface area contributed by atoms with Gasteiger partial charge in [-0.3, -0.25) is 0 Å². The quantitative estimate of drug-likeness (QED) is 0.809. The van der Waals surface area contributed by atoms with Gasteiger partial charge in [0.2, 0.25) is 0 Å². The molecule has 0 amide bonds. The van der Waals surface area contributed by atoms with E-state index in [2.05, 4.69) is 0 Å². The van der Waals surface area contributed by atoms with Crippen molar-refractivity contribution in [2.24, 2.45) is 0 Å². The summed E-state index contributed by atoms with van der Waals surface area (Å²) in [5.74, 6) is -3.12. The summed E-state index contributed by atoms with van der Waals surface area (Å²) in [4.78, 5) is 0. The second kappa shape index (κ2) is 4.43. The van der Waals surface area contributed by atoms with Crippen LogP contribution in [-0.4, -0.2) is 17.3 Å². The van der Waals surface area contributed by atoms with Crippen LogP contribution in [0.1, 0.15) is 18.4 Å². The van der Waals surface area contributed by atoms with Gasteiger partial charge in [-0.15, -0.1) is 0 Å². The molecule has 16 heavy (non-hydrogen) atoms. The van der Waals surface area contributed by atoms with Crippen molar-refractivity contribution in [2.45, 2.75) is 31.7 Å². The highest BCUT2D eigenvalue weighted by Crippen LogP contribution is 2.24. The van der Waals surface area contributed by atoms with Gasteiger partial charge in [-0.25, -0.2) is 13.2 Å². The van der Waals surface area contributed by atoms with E-state index in [0.717, 1.165) is 6.07 Å². The summed E-state index contributed by atoms with van der Waals surface area (Å²) in [5, 5.41) is 8.99. The summed E-state index contributed by atoms with van der Waals surface area (Å²) >= 11 is 0. The lowest BCUT2D eigenvalue weighted by atomic mass is 9.92. The van der Waals surface area contributed by atoms with Gasteiger partial charge in [0.1, 0.15) is 5.82 Å². The van der Waals surface area contributed by atoms with Gasteiger partial charge in [0.25, 0.3) is 0 Å². The molecule has 0 saturated heterocycles. The standard InChI is InChI=1S/C11H11F3O2/c12-9-4-11(14)10(13)1-6(9)5-16-8-2-7(15)3-8/h1,4,7-8,15H,2-3,5H2/t7-,8+. The first-order valence-corrected chi connectivity index (χ1v) is 4.99. The van der Waals surface area contributed by atoms with E-state index in [9.17, 15) is 13.2 Å². The van der Waals surface area contributed by atoms with Crippen LogP contribution in [0.25, 0.3) is 0 Å². The fraction of sp³-hybridized carbons (Fsp3) is 0.455. The van der Waals surface area contributed by atoms with Crippen LogP contribution >= 0.6 is 0 Å². The van der Waals surface area contributed by atoms with Crippen LogP contribution in [0.4, 0.5) is 13.2 Å². The maximum absolute atomic E-state index is 13.1. The van der Waals surface area contributed by atoms with E-state index in [1.165, 1.54) is 0 Å². The van der Waals surface area contributed by atoms with E-state index in [4.69, 9.17) is 9.84 Å². The topological polar surface area (TPSA) is 29.5 Å². The van der Waals surface area contributed by atoms with Gasteiger partial charge in [-0.2, -0.15) is 0 Å². The third kappa shape index (κ3) is 2.36. The Bertz CT molecular complexity index is 389. The normalized spacial score (nSPS) is 24.2. The molecule has 1 N–H and O–H groups in total. The Balaban J connectivity index is 1.96. The summed E-state index contributed by atoms with van der Waals surface area (Å²) in [6, 6.07) is 1.30. The molecule has 0 unspecified atom stereocenters. The molecular weight excluding hydrogens is 221 g/mol. The van der Waals surface area contributed by atoms with Crippen molar-refractivity contribution >= 4 is 0 Å². The van der Waals surface area contributed by atoms with Crippen molar-refractivity contribution in [3.8, 4) is 0 Å². The molecule has 0 heterocycles. The van der Waals surface area contributed by atoms with Crippen LogP contribution in [0.2, 0.25) is 0 Å². The Hall–Kier alpha value is -1.07.